The van der Waals surface area contributed by atoms with Gasteiger partial charge in [0.25, 0.3) is 0 Å². The minimum Gasteiger partial charge on any atom is -0.467 e. The van der Waals surface area contributed by atoms with Crippen molar-refractivity contribution in [2.45, 2.75) is 18.9 Å². The molecule has 0 fully saturated rings. The third-order valence-corrected chi connectivity index (χ3v) is 3.04. The second-order valence-electron chi connectivity index (χ2n) is 4.11. The number of rotatable bonds is 2. The lowest BCUT2D eigenvalue weighted by molar-refractivity contribution is -0.150. The van der Waals surface area contributed by atoms with Gasteiger partial charge in [-0.1, -0.05) is 24.3 Å². The lowest BCUT2D eigenvalue weighted by atomic mass is 9.89. The number of nitriles is 1. The van der Waals surface area contributed by atoms with Crippen LogP contribution in [0, 0.1) is 11.3 Å². The first-order valence-corrected chi connectivity index (χ1v) is 5.66. The summed E-state index contributed by atoms with van der Waals surface area (Å²) in [6, 6.07) is 7.33. The van der Waals surface area contributed by atoms with E-state index >= 15 is 0 Å². The summed E-state index contributed by atoms with van der Waals surface area (Å²) >= 11 is 0. The fourth-order valence-electron chi connectivity index (χ4n) is 2.09. The van der Waals surface area contributed by atoms with E-state index in [9.17, 15) is 9.90 Å². The molecule has 0 saturated heterocycles. The van der Waals surface area contributed by atoms with Crippen molar-refractivity contribution in [3.63, 3.8) is 0 Å². The molecule has 92 valence electrons. The smallest absolute Gasteiger partial charge is 0.339 e. The topological polar surface area (TPSA) is 70.3 Å². The molecule has 4 nitrogen and oxygen atoms in total. The summed E-state index contributed by atoms with van der Waals surface area (Å²) < 4.78 is 4.50. The number of aliphatic hydroxyl groups is 1. The van der Waals surface area contributed by atoms with Crippen molar-refractivity contribution in [1.82, 2.24) is 0 Å². The van der Waals surface area contributed by atoms with E-state index in [1.165, 1.54) is 7.11 Å². The largest absolute Gasteiger partial charge is 0.467 e. The maximum Gasteiger partial charge on any atom is 0.339 e. The molecule has 1 atom stereocenters. The van der Waals surface area contributed by atoms with Gasteiger partial charge < -0.3 is 9.84 Å². The molecule has 0 radical (unpaired) electrons. The Kier molecular flexibility index (Phi) is 3.45. The number of hydrogen-bond donors (Lipinski definition) is 1. The van der Waals surface area contributed by atoms with E-state index in [1.54, 1.807) is 18.2 Å². The standard InChI is InChI=1S/C14H13NO3/c1-18-14(17)13(16)10-5-6-12-9(7-10)3-2-4-11(12)8-15/h4-7,13,16H,2-3H2,1H3. The SMILES string of the molecule is COC(=O)C(O)c1ccc2c(c1)CCC=C2C#N. The third kappa shape index (κ3) is 2.13. The molecule has 0 bridgehead atoms. The summed E-state index contributed by atoms with van der Waals surface area (Å²) in [7, 11) is 1.24. The number of ether oxygens (including phenoxy) is 1. The Morgan fingerprint density at radius 2 is 2.33 bits per heavy atom. The van der Waals surface area contributed by atoms with Gasteiger partial charge in [0.15, 0.2) is 6.10 Å². The second-order valence-corrected chi connectivity index (χ2v) is 4.11. The summed E-state index contributed by atoms with van der Waals surface area (Å²) in [6.45, 7) is 0. The Balaban J connectivity index is 2.37. The second kappa shape index (κ2) is 5.03. The molecular formula is C14H13NO3. The Hall–Kier alpha value is -2.12. The molecule has 1 aliphatic rings. The highest BCUT2D eigenvalue weighted by atomic mass is 16.5. The van der Waals surface area contributed by atoms with Crippen LogP contribution in [0.2, 0.25) is 0 Å². The Morgan fingerprint density at radius 3 is 3.00 bits per heavy atom. The van der Waals surface area contributed by atoms with Crippen molar-refractivity contribution in [1.29, 1.82) is 5.26 Å². The number of benzene rings is 1. The summed E-state index contributed by atoms with van der Waals surface area (Å²) in [6.07, 6.45) is 2.24. The fourth-order valence-corrected chi connectivity index (χ4v) is 2.09. The van der Waals surface area contributed by atoms with Crippen molar-refractivity contribution in [3.05, 3.63) is 41.0 Å². The number of methoxy groups -OCH3 is 1. The van der Waals surface area contributed by atoms with Crippen LogP contribution in [-0.2, 0) is 16.0 Å². The van der Waals surface area contributed by atoms with E-state index in [-0.39, 0.29) is 0 Å². The lowest BCUT2D eigenvalue weighted by Gasteiger charge is -2.16. The molecule has 1 aromatic carbocycles. The maximum atomic E-state index is 11.3. The van der Waals surface area contributed by atoms with Crippen LogP contribution in [0.3, 0.4) is 0 Å². The van der Waals surface area contributed by atoms with E-state index in [1.807, 2.05) is 6.08 Å². The summed E-state index contributed by atoms with van der Waals surface area (Å²) in [5.74, 6) is -0.679. The quantitative estimate of drug-likeness (QED) is 0.803. The van der Waals surface area contributed by atoms with E-state index in [0.717, 1.165) is 24.0 Å². The first kappa shape index (κ1) is 12.3. The molecule has 0 aliphatic heterocycles. The predicted molar refractivity (Wildman–Crippen MR) is 65.3 cm³/mol. The molecule has 1 N–H and O–H groups in total. The highest BCUT2D eigenvalue weighted by Gasteiger charge is 2.20. The van der Waals surface area contributed by atoms with Crippen molar-refractivity contribution >= 4 is 11.5 Å². The molecule has 0 saturated carbocycles. The average Bonchev–Trinajstić information content (AvgIpc) is 2.44. The van der Waals surface area contributed by atoms with Gasteiger partial charge in [-0.3, -0.25) is 0 Å². The van der Waals surface area contributed by atoms with Gasteiger partial charge in [0.05, 0.1) is 18.8 Å². The number of allylic oxidation sites excluding steroid dienone is 2. The average molecular weight is 243 g/mol. The van der Waals surface area contributed by atoms with Crippen molar-refractivity contribution < 1.29 is 14.6 Å². The van der Waals surface area contributed by atoms with Crippen molar-refractivity contribution in [2.75, 3.05) is 7.11 Å². The number of esters is 1. The molecule has 0 spiro atoms. The van der Waals surface area contributed by atoms with E-state index in [2.05, 4.69) is 10.8 Å². The van der Waals surface area contributed by atoms with Crippen LogP contribution in [0.1, 0.15) is 29.2 Å². The number of hydrogen-bond acceptors (Lipinski definition) is 4. The summed E-state index contributed by atoms with van der Waals surface area (Å²) in [4.78, 5) is 11.3. The number of aryl methyl sites for hydroxylation is 1. The van der Waals surface area contributed by atoms with Crippen molar-refractivity contribution in [2.24, 2.45) is 0 Å². The van der Waals surface area contributed by atoms with Crippen LogP contribution in [-0.4, -0.2) is 18.2 Å². The van der Waals surface area contributed by atoms with Gasteiger partial charge in [0, 0.05) is 0 Å². The number of carbonyl (C=O) groups excluding carboxylic acids is 1. The van der Waals surface area contributed by atoms with Gasteiger partial charge in [-0.25, -0.2) is 4.79 Å². The van der Waals surface area contributed by atoms with Gasteiger partial charge >= 0.3 is 5.97 Å². The molecule has 1 aromatic rings. The Labute approximate surface area is 105 Å². The zero-order valence-electron chi connectivity index (χ0n) is 10.0. The van der Waals surface area contributed by atoms with Crippen LogP contribution < -0.4 is 0 Å². The van der Waals surface area contributed by atoms with E-state index in [0.29, 0.717) is 11.1 Å². The van der Waals surface area contributed by atoms with Gasteiger partial charge in [-0.2, -0.15) is 5.26 Å². The molecule has 1 aliphatic carbocycles. The molecule has 0 amide bonds. The first-order valence-electron chi connectivity index (χ1n) is 5.66. The highest BCUT2D eigenvalue weighted by molar-refractivity contribution is 5.81. The third-order valence-electron chi connectivity index (χ3n) is 3.04. The van der Waals surface area contributed by atoms with Crippen molar-refractivity contribution in [3.8, 4) is 6.07 Å². The molecule has 4 heteroatoms. The minimum atomic E-state index is -1.27. The Bertz CT molecular complexity index is 555. The molecule has 2 rings (SSSR count). The minimum absolute atomic E-state index is 0.500. The number of carbonyl (C=O) groups is 1. The Morgan fingerprint density at radius 1 is 1.56 bits per heavy atom. The molecular weight excluding hydrogens is 230 g/mol. The van der Waals surface area contributed by atoms with E-state index in [4.69, 9.17) is 5.26 Å². The lowest BCUT2D eigenvalue weighted by Crippen LogP contribution is -2.14. The predicted octanol–water partition coefficient (Wildman–Crippen LogP) is 1.75. The van der Waals surface area contributed by atoms with Gasteiger partial charge in [-0.05, 0) is 29.5 Å². The number of nitrogens with zero attached hydrogens (tertiary/aromatic N) is 1. The van der Waals surface area contributed by atoms with Crippen LogP contribution in [0.4, 0.5) is 0 Å². The summed E-state index contributed by atoms with van der Waals surface area (Å²) in [5, 5.41) is 18.8. The van der Waals surface area contributed by atoms with Crippen LogP contribution in [0.5, 0.6) is 0 Å². The molecule has 18 heavy (non-hydrogen) atoms. The number of aliphatic hydroxyl groups excluding tert-OH is 1. The summed E-state index contributed by atoms with van der Waals surface area (Å²) in [5.41, 5.74) is 3.01. The zero-order chi connectivity index (χ0) is 13.1. The molecule has 0 heterocycles. The van der Waals surface area contributed by atoms with Crippen LogP contribution in [0.15, 0.2) is 24.3 Å². The molecule has 1 unspecified atom stereocenters. The highest BCUT2D eigenvalue weighted by Crippen LogP contribution is 2.28. The zero-order valence-corrected chi connectivity index (χ0v) is 10.0. The molecule has 0 aromatic heterocycles. The van der Waals surface area contributed by atoms with Gasteiger partial charge in [-0.15, -0.1) is 0 Å². The van der Waals surface area contributed by atoms with E-state index < -0.39 is 12.1 Å². The number of fused-ring (bicyclic) bond motifs is 1. The maximum absolute atomic E-state index is 11.3. The van der Waals surface area contributed by atoms with Gasteiger partial charge in [0.1, 0.15) is 0 Å². The van der Waals surface area contributed by atoms with Gasteiger partial charge in [0.2, 0.25) is 0 Å². The van der Waals surface area contributed by atoms with Crippen LogP contribution in [0.25, 0.3) is 5.57 Å². The fraction of sp³-hybridized carbons (Fsp3) is 0.286. The normalized spacial score (nSPS) is 15.1. The van der Waals surface area contributed by atoms with Crippen LogP contribution >= 0.6 is 0 Å². The first-order chi connectivity index (χ1) is 8.67. The monoisotopic (exact) mass is 243 g/mol.